The average Bonchev–Trinajstić information content (AvgIpc) is 2.94. The number of para-hydroxylation sites is 1. The van der Waals surface area contributed by atoms with E-state index in [1.807, 2.05) is 29.2 Å². The fourth-order valence-corrected chi connectivity index (χ4v) is 4.14. The van der Waals surface area contributed by atoms with Crippen LogP contribution in [0.4, 0.5) is 10.5 Å². The van der Waals surface area contributed by atoms with Crippen molar-refractivity contribution in [2.45, 2.75) is 31.7 Å². The number of benzene rings is 1. The van der Waals surface area contributed by atoms with Crippen molar-refractivity contribution in [2.75, 3.05) is 11.9 Å². The summed E-state index contributed by atoms with van der Waals surface area (Å²) in [6, 6.07) is 12.1. The molecule has 2 heterocycles. The number of nitrogens with zero attached hydrogens (tertiary/aromatic N) is 1. The summed E-state index contributed by atoms with van der Waals surface area (Å²) < 4.78 is 0.908. The minimum atomic E-state index is -0.00722. The quantitative estimate of drug-likeness (QED) is 0.718. The number of halogens is 1. The van der Waals surface area contributed by atoms with Crippen LogP contribution in [-0.2, 0) is 0 Å². The summed E-state index contributed by atoms with van der Waals surface area (Å²) >= 11 is 5.23. The van der Waals surface area contributed by atoms with Crippen molar-refractivity contribution < 1.29 is 4.79 Å². The zero-order valence-corrected chi connectivity index (χ0v) is 14.7. The van der Waals surface area contributed by atoms with Gasteiger partial charge < -0.3 is 10.2 Å². The van der Waals surface area contributed by atoms with Gasteiger partial charge in [-0.3, -0.25) is 0 Å². The highest BCUT2D eigenvalue weighted by molar-refractivity contribution is 9.10. The molecule has 116 valence electrons. The number of thiophene rings is 1. The number of likely N-dealkylation sites (tertiary alicyclic amines) is 1. The lowest BCUT2D eigenvalue weighted by Gasteiger charge is -2.29. The fourth-order valence-electron chi connectivity index (χ4n) is 2.88. The molecule has 5 heteroatoms. The minimum Gasteiger partial charge on any atom is -0.317 e. The molecule has 3 rings (SSSR count). The normalized spacial score (nSPS) is 18.8. The van der Waals surface area contributed by atoms with E-state index in [4.69, 9.17) is 0 Å². The van der Waals surface area contributed by atoms with E-state index in [-0.39, 0.29) is 12.1 Å². The summed E-state index contributed by atoms with van der Waals surface area (Å²) in [6.45, 7) is 0.818. The Bertz CT molecular complexity index is 629. The molecule has 0 aliphatic carbocycles. The van der Waals surface area contributed by atoms with Crippen molar-refractivity contribution in [2.24, 2.45) is 0 Å². The Morgan fingerprint density at radius 1 is 1.18 bits per heavy atom. The van der Waals surface area contributed by atoms with Gasteiger partial charge in [0, 0.05) is 15.9 Å². The lowest BCUT2D eigenvalue weighted by molar-refractivity contribution is 0.190. The van der Waals surface area contributed by atoms with Crippen molar-refractivity contribution in [1.82, 2.24) is 4.90 Å². The van der Waals surface area contributed by atoms with Crippen LogP contribution in [0.5, 0.6) is 0 Å². The second-order valence-electron chi connectivity index (χ2n) is 5.48. The second-order valence-corrected chi connectivity index (χ2v) is 7.32. The summed E-state index contributed by atoms with van der Waals surface area (Å²) in [5.74, 6) is 0. The highest BCUT2D eigenvalue weighted by atomic mass is 79.9. The molecule has 1 aliphatic rings. The minimum absolute atomic E-state index is 0.00722. The van der Waals surface area contributed by atoms with Gasteiger partial charge in [-0.1, -0.05) is 31.0 Å². The molecule has 1 aliphatic heterocycles. The first-order chi connectivity index (χ1) is 10.8. The summed E-state index contributed by atoms with van der Waals surface area (Å²) in [5.41, 5.74) is 0.821. The first-order valence-electron chi connectivity index (χ1n) is 7.61. The SMILES string of the molecule is O=C(Nc1ccccc1Br)N1CCCCCC1c1cccs1. The van der Waals surface area contributed by atoms with Crippen molar-refractivity contribution in [3.8, 4) is 0 Å². The third-order valence-electron chi connectivity index (χ3n) is 4.00. The lowest BCUT2D eigenvalue weighted by atomic mass is 10.1. The molecule has 0 bridgehead atoms. The summed E-state index contributed by atoms with van der Waals surface area (Å²) in [6.07, 6.45) is 4.50. The predicted octanol–water partition coefficient (Wildman–Crippen LogP) is 5.66. The van der Waals surface area contributed by atoms with Gasteiger partial charge in [-0.25, -0.2) is 4.79 Å². The molecule has 1 fully saturated rings. The maximum atomic E-state index is 12.8. The van der Waals surface area contributed by atoms with Gasteiger partial charge in [-0.2, -0.15) is 0 Å². The average molecular weight is 379 g/mol. The number of urea groups is 1. The van der Waals surface area contributed by atoms with E-state index >= 15 is 0 Å². The van der Waals surface area contributed by atoms with Crippen molar-refractivity contribution in [3.63, 3.8) is 0 Å². The van der Waals surface area contributed by atoms with Crippen LogP contribution < -0.4 is 5.32 Å². The van der Waals surface area contributed by atoms with Crippen LogP contribution in [0, 0.1) is 0 Å². The number of rotatable bonds is 2. The van der Waals surface area contributed by atoms with E-state index in [0.29, 0.717) is 0 Å². The smallest absolute Gasteiger partial charge is 0.317 e. The zero-order chi connectivity index (χ0) is 15.4. The Hall–Kier alpha value is -1.33. The van der Waals surface area contributed by atoms with Gasteiger partial charge in [-0.15, -0.1) is 11.3 Å². The van der Waals surface area contributed by atoms with Crippen LogP contribution in [0.2, 0.25) is 0 Å². The number of anilines is 1. The fraction of sp³-hybridized carbons (Fsp3) is 0.353. The molecule has 3 nitrogen and oxygen atoms in total. The third-order valence-corrected chi connectivity index (χ3v) is 5.67. The number of carbonyl (C=O) groups excluding carboxylic acids is 1. The third kappa shape index (κ3) is 3.52. The Kier molecular flexibility index (Phi) is 5.16. The molecule has 1 N–H and O–H groups in total. The number of carbonyl (C=O) groups is 1. The highest BCUT2D eigenvalue weighted by Crippen LogP contribution is 2.33. The molecular formula is C17H19BrN2OS. The number of amides is 2. The number of hydrogen-bond acceptors (Lipinski definition) is 2. The maximum absolute atomic E-state index is 12.8. The van der Waals surface area contributed by atoms with Gasteiger partial charge in [-0.05, 0) is 52.4 Å². The van der Waals surface area contributed by atoms with E-state index in [1.165, 1.54) is 17.7 Å². The maximum Gasteiger partial charge on any atom is 0.322 e. The van der Waals surface area contributed by atoms with Gasteiger partial charge in [0.15, 0.2) is 0 Å². The van der Waals surface area contributed by atoms with E-state index in [1.54, 1.807) is 11.3 Å². The van der Waals surface area contributed by atoms with Gasteiger partial charge >= 0.3 is 6.03 Å². The molecule has 1 unspecified atom stereocenters. The Balaban J connectivity index is 1.80. The van der Waals surface area contributed by atoms with Gasteiger partial charge in [0.2, 0.25) is 0 Å². The van der Waals surface area contributed by atoms with E-state index in [2.05, 4.69) is 38.8 Å². The zero-order valence-electron chi connectivity index (χ0n) is 12.3. The van der Waals surface area contributed by atoms with Crippen LogP contribution in [0.25, 0.3) is 0 Å². The number of hydrogen-bond donors (Lipinski definition) is 1. The second kappa shape index (κ2) is 7.29. The van der Waals surface area contributed by atoms with Crippen LogP contribution >= 0.6 is 27.3 Å². The Morgan fingerprint density at radius 3 is 2.82 bits per heavy atom. The van der Waals surface area contributed by atoms with E-state index < -0.39 is 0 Å². The first-order valence-corrected chi connectivity index (χ1v) is 9.28. The van der Waals surface area contributed by atoms with Gasteiger partial charge in [0.25, 0.3) is 0 Å². The molecule has 0 radical (unpaired) electrons. The van der Waals surface area contributed by atoms with Crippen molar-refractivity contribution in [3.05, 3.63) is 51.1 Å². The summed E-state index contributed by atoms with van der Waals surface area (Å²) in [4.78, 5) is 16.1. The standard InChI is InChI=1S/C17H19BrN2OS/c18-13-7-3-4-8-14(13)19-17(21)20-11-5-1-2-9-15(20)16-10-6-12-22-16/h3-4,6-8,10,12,15H,1-2,5,9,11H2,(H,19,21). The molecular weight excluding hydrogens is 360 g/mol. The van der Waals surface area contributed by atoms with Gasteiger partial charge in [0.1, 0.15) is 0 Å². The van der Waals surface area contributed by atoms with Crippen LogP contribution in [0.1, 0.15) is 36.6 Å². The van der Waals surface area contributed by atoms with E-state index in [9.17, 15) is 4.79 Å². The van der Waals surface area contributed by atoms with Crippen LogP contribution in [0.3, 0.4) is 0 Å². The molecule has 1 aromatic carbocycles. The van der Waals surface area contributed by atoms with Gasteiger partial charge in [0.05, 0.1) is 11.7 Å². The molecule has 2 aromatic rings. The Morgan fingerprint density at radius 2 is 2.05 bits per heavy atom. The summed E-state index contributed by atoms with van der Waals surface area (Å²) in [5, 5.41) is 5.13. The number of nitrogens with one attached hydrogen (secondary N) is 1. The van der Waals surface area contributed by atoms with Crippen LogP contribution in [-0.4, -0.2) is 17.5 Å². The monoisotopic (exact) mass is 378 g/mol. The topological polar surface area (TPSA) is 32.3 Å². The highest BCUT2D eigenvalue weighted by Gasteiger charge is 2.27. The van der Waals surface area contributed by atoms with Crippen molar-refractivity contribution in [1.29, 1.82) is 0 Å². The molecule has 1 aromatic heterocycles. The molecule has 0 spiro atoms. The van der Waals surface area contributed by atoms with E-state index in [0.717, 1.165) is 29.5 Å². The van der Waals surface area contributed by atoms with Crippen molar-refractivity contribution >= 4 is 39.0 Å². The largest absolute Gasteiger partial charge is 0.322 e. The molecule has 22 heavy (non-hydrogen) atoms. The summed E-state index contributed by atoms with van der Waals surface area (Å²) in [7, 11) is 0. The molecule has 0 saturated carbocycles. The first kappa shape index (κ1) is 15.6. The molecule has 2 amide bonds. The molecule has 1 atom stereocenters. The van der Waals surface area contributed by atoms with Crippen LogP contribution in [0.15, 0.2) is 46.3 Å². The molecule has 1 saturated heterocycles. The predicted molar refractivity (Wildman–Crippen MR) is 95.4 cm³/mol. The lowest BCUT2D eigenvalue weighted by Crippen LogP contribution is -2.37. The Labute approximate surface area is 143 Å².